The van der Waals surface area contributed by atoms with Crippen LogP contribution in [0.1, 0.15) is 11.1 Å². The summed E-state index contributed by atoms with van der Waals surface area (Å²) in [5.41, 5.74) is 2.66. The number of hydrogen-bond donors (Lipinski definition) is 3. The van der Waals surface area contributed by atoms with Gasteiger partial charge in [0, 0.05) is 28.9 Å². The van der Waals surface area contributed by atoms with E-state index in [2.05, 4.69) is 5.32 Å². The Labute approximate surface area is 227 Å². The van der Waals surface area contributed by atoms with Gasteiger partial charge in [-0.1, -0.05) is 106 Å². The number of nitrogens with one attached hydrogen (secondary N) is 1. The van der Waals surface area contributed by atoms with Crippen LogP contribution in [0.25, 0.3) is 0 Å². The highest BCUT2D eigenvalue weighted by Crippen LogP contribution is 2.44. The maximum Gasteiger partial charge on any atom is 0.139 e. The first-order valence-corrected chi connectivity index (χ1v) is 12.0. The first-order chi connectivity index (χ1) is 16.2. The molecule has 3 N–H and O–H groups in total. The summed E-state index contributed by atoms with van der Waals surface area (Å²) in [6, 6.07) is 22.9. The van der Waals surface area contributed by atoms with Crippen molar-refractivity contribution in [1.82, 2.24) is 0 Å². The van der Waals surface area contributed by atoms with Crippen molar-refractivity contribution < 1.29 is 10.2 Å². The summed E-state index contributed by atoms with van der Waals surface area (Å²) in [6.45, 7) is 0. The van der Waals surface area contributed by atoms with Crippen molar-refractivity contribution in [3.63, 3.8) is 0 Å². The lowest BCUT2D eigenvalue weighted by atomic mass is 10.0. The molecule has 0 saturated carbocycles. The van der Waals surface area contributed by atoms with Gasteiger partial charge in [-0.3, -0.25) is 0 Å². The van der Waals surface area contributed by atoms with E-state index in [1.54, 1.807) is 0 Å². The van der Waals surface area contributed by atoms with Crippen LogP contribution in [0.15, 0.2) is 72.8 Å². The molecule has 3 nitrogen and oxygen atoms in total. The van der Waals surface area contributed by atoms with E-state index in [4.69, 9.17) is 69.6 Å². The van der Waals surface area contributed by atoms with Crippen molar-refractivity contribution in [2.75, 3.05) is 5.32 Å². The number of phenolic OH excluding ortho intramolecular Hbond substituents is 2. The Hall–Kier alpha value is -1.98. The summed E-state index contributed by atoms with van der Waals surface area (Å²) in [4.78, 5) is 0. The van der Waals surface area contributed by atoms with Crippen LogP contribution >= 0.6 is 69.6 Å². The maximum absolute atomic E-state index is 10.0. The molecule has 0 bridgehead atoms. The van der Waals surface area contributed by atoms with Crippen molar-refractivity contribution in [3.05, 3.63) is 114 Å². The molecular weight excluding hydrogens is 559 g/mol. The standard InChI is InChI=1S/C13H6Cl6O2.C12H11N/c14-6-2-8(16)12(20)4(10(6)18)1-5-11(19)7(15)3-9(17)13(5)21;1-3-7-11(8-4-1)13-12-9-5-2-6-10-12/h2-3,20-21H,1H2;1-10,13H. The lowest BCUT2D eigenvalue weighted by molar-refractivity contribution is 0.463. The number of halogens is 6. The molecule has 0 aliphatic carbocycles. The second-order valence-electron chi connectivity index (χ2n) is 7.00. The van der Waals surface area contributed by atoms with Gasteiger partial charge in [0.15, 0.2) is 0 Å². The van der Waals surface area contributed by atoms with Crippen LogP contribution in [-0.2, 0) is 6.42 Å². The second kappa shape index (κ2) is 12.1. The molecular formula is C25H17Cl6NO2. The Kier molecular flexibility index (Phi) is 9.49. The molecule has 0 unspecified atom stereocenters. The minimum Gasteiger partial charge on any atom is -0.506 e. The van der Waals surface area contributed by atoms with E-state index in [9.17, 15) is 10.2 Å². The third kappa shape index (κ3) is 6.57. The summed E-state index contributed by atoms with van der Waals surface area (Å²) >= 11 is 35.7. The van der Waals surface area contributed by atoms with E-state index < -0.39 is 0 Å². The fourth-order valence-electron chi connectivity index (χ4n) is 2.98. The fourth-order valence-corrected chi connectivity index (χ4v) is 4.41. The number of hydrogen-bond acceptors (Lipinski definition) is 3. The monoisotopic (exact) mass is 573 g/mol. The average Bonchev–Trinajstić information content (AvgIpc) is 2.83. The minimum absolute atomic E-state index is 0.0307. The summed E-state index contributed by atoms with van der Waals surface area (Å²) in [5, 5.41) is 23.9. The molecule has 0 heterocycles. The van der Waals surface area contributed by atoms with Gasteiger partial charge >= 0.3 is 0 Å². The molecule has 0 fully saturated rings. The van der Waals surface area contributed by atoms with Crippen molar-refractivity contribution in [1.29, 1.82) is 0 Å². The third-order valence-corrected chi connectivity index (χ3v) is 6.90. The van der Waals surface area contributed by atoms with Crippen LogP contribution < -0.4 is 5.32 Å². The van der Waals surface area contributed by atoms with E-state index in [0.29, 0.717) is 0 Å². The van der Waals surface area contributed by atoms with Crippen molar-refractivity contribution in [3.8, 4) is 11.5 Å². The predicted molar refractivity (Wildman–Crippen MR) is 145 cm³/mol. The number of para-hydroxylation sites is 2. The van der Waals surface area contributed by atoms with Gasteiger partial charge in [-0.2, -0.15) is 0 Å². The predicted octanol–water partition coefficient (Wildman–Crippen LogP) is 10.0. The summed E-state index contributed by atoms with van der Waals surface area (Å²) in [5.74, 6) is -0.504. The molecule has 4 aromatic rings. The zero-order valence-corrected chi connectivity index (χ0v) is 21.8. The molecule has 0 radical (unpaired) electrons. The van der Waals surface area contributed by atoms with E-state index in [-0.39, 0.29) is 59.2 Å². The van der Waals surface area contributed by atoms with Gasteiger partial charge in [0.2, 0.25) is 0 Å². The van der Waals surface area contributed by atoms with Crippen LogP contribution in [-0.4, -0.2) is 10.2 Å². The first kappa shape index (κ1) is 26.6. The highest BCUT2D eigenvalue weighted by Gasteiger charge is 2.21. The van der Waals surface area contributed by atoms with Gasteiger partial charge in [-0.05, 0) is 36.4 Å². The Balaban J connectivity index is 0.000000212. The third-order valence-electron chi connectivity index (χ3n) is 4.67. The Morgan fingerprint density at radius 2 is 0.882 bits per heavy atom. The normalized spacial score (nSPS) is 10.4. The molecule has 34 heavy (non-hydrogen) atoms. The number of aromatic hydroxyl groups is 2. The van der Waals surface area contributed by atoms with Crippen molar-refractivity contribution in [2.45, 2.75) is 6.42 Å². The highest BCUT2D eigenvalue weighted by molar-refractivity contribution is 6.45. The lowest BCUT2D eigenvalue weighted by Crippen LogP contribution is -1.95. The van der Waals surface area contributed by atoms with Gasteiger partial charge in [0.05, 0.1) is 30.1 Å². The van der Waals surface area contributed by atoms with Crippen LogP contribution in [0.4, 0.5) is 11.4 Å². The minimum atomic E-state index is -0.252. The number of benzene rings is 4. The Bertz CT molecular complexity index is 1130. The number of rotatable bonds is 4. The lowest BCUT2D eigenvalue weighted by Gasteiger charge is -2.14. The summed E-state index contributed by atoms with van der Waals surface area (Å²) in [7, 11) is 0. The Morgan fingerprint density at radius 1 is 0.529 bits per heavy atom. The van der Waals surface area contributed by atoms with Crippen LogP contribution in [0.3, 0.4) is 0 Å². The highest BCUT2D eigenvalue weighted by atomic mass is 35.5. The molecule has 0 aliphatic heterocycles. The van der Waals surface area contributed by atoms with E-state index in [1.807, 2.05) is 60.7 Å². The van der Waals surface area contributed by atoms with Gasteiger partial charge in [-0.25, -0.2) is 0 Å². The molecule has 0 atom stereocenters. The number of phenols is 2. The smallest absolute Gasteiger partial charge is 0.139 e. The molecule has 0 amide bonds. The van der Waals surface area contributed by atoms with Gasteiger partial charge in [-0.15, -0.1) is 0 Å². The summed E-state index contributed by atoms with van der Waals surface area (Å²) in [6.07, 6.45) is -0.0457. The molecule has 4 aromatic carbocycles. The molecule has 0 aromatic heterocycles. The molecule has 0 spiro atoms. The van der Waals surface area contributed by atoms with Gasteiger partial charge in [0.1, 0.15) is 11.5 Å². The summed E-state index contributed by atoms with van der Waals surface area (Å²) < 4.78 is 0. The van der Waals surface area contributed by atoms with E-state index in [1.165, 1.54) is 12.1 Å². The second-order valence-corrected chi connectivity index (χ2v) is 9.38. The van der Waals surface area contributed by atoms with Crippen molar-refractivity contribution >= 4 is 81.0 Å². The molecule has 0 saturated heterocycles. The number of anilines is 2. The van der Waals surface area contributed by atoms with Gasteiger partial charge in [0.25, 0.3) is 0 Å². The van der Waals surface area contributed by atoms with Crippen LogP contribution in [0.5, 0.6) is 11.5 Å². The van der Waals surface area contributed by atoms with Crippen LogP contribution in [0, 0.1) is 0 Å². The molecule has 9 heteroatoms. The maximum atomic E-state index is 10.0. The first-order valence-electron chi connectivity index (χ1n) is 9.76. The topological polar surface area (TPSA) is 52.5 Å². The van der Waals surface area contributed by atoms with Gasteiger partial charge < -0.3 is 15.5 Å². The van der Waals surface area contributed by atoms with E-state index in [0.717, 1.165) is 11.4 Å². The average molecular weight is 576 g/mol. The molecule has 0 aliphatic rings. The zero-order valence-electron chi connectivity index (χ0n) is 17.3. The zero-order chi connectivity index (χ0) is 24.8. The Morgan fingerprint density at radius 3 is 1.24 bits per heavy atom. The van der Waals surface area contributed by atoms with Crippen LogP contribution in [0.2, 0.25) is 30.1 Å². The SMILES string of the molecule is Oc1c(Cl)cc(Cl)c(Cl)c1Cc1c(O)c(Cl)cc(Cl)c1Cl.c1ccc(Nc2ccccc2)cc1. The van der Waals surface area contributed by atoms with Crippen molar-refractivity contribution in [2.24, 2.45) is 0 Å². The fraction of sp³-hybridized carbons (Fsp3) is 0.0400. The van der Waals surface area contributed by atoms with E-state index >= 15 is 0 Å². The molecule has 4 rings (SSSR count). The largest absolute Gasteiger partial charge is 0.506 e. The molecule has 176 valence electrons. The quantitative estimate of drug-likeness (QED) is 0.212.